The molecule has 1 rings (SSSR count). The van der Waals surface area contributed by atoms with E-state index in [-0.39, 0.29) is 18.0 Å². The molecule has 19 heavy (non-hydrogen) atoms. The Morgan fingerprint density at radius 3 is 2.58 bits per heavy atom. The predicted molar refractivity (Wildman–Crippen MR) is 69.1 cm³/mol. The molecule has 0 fully saturated rings. The molecule has 0 saturated carbocycles. The summed E-state index contributed by atoms with van der Waals surface area (Å²) in [6.07, 6.45) is 1.93. The highest BCUT2D eigenvalue weighted by molar-refractivity contribution is 5.42. The molecule has 1 unspecified atom stereocenters. The first-order chi connectivity index (χ1) is 8.99. The zero-order chi connectivity index (χ0) is 14.4. The Hall–Kier alpha value is -1.56. The number of hydrogen-bond acceptors (Lipinski definition) is 3. The average molecular weight is 272 g/mol. The first-order valence-corrected chi connectivity index (χ1v) is 6.35. The molecule has 0 aliphatic carbocycles. The van der Waals surface area contributed by atoms with E-state index in [4.69, 9.17) is 0 Å². The van der Waals surface area contributed by atoms with Crippen molar-refractivity contribution in [1.82, 2.24) is 5.32 Å². The fourth-order valence-electron chi connectivity index (χ4n) is 2.16. The topological polar surface area (TPSA) is 55.2 Å². The van der Waals surface area contributed by atoms with Crippen LogP contribution >= 0.6 is 0 Å². The largest absolute Gasteiger partial charge is 0.314 e. The molecule has 0 saturated heterocycles. The third-order valence-electron chi connectivity index (χ3n) is 2.89. The van der Waals surface area contributed by atoms with Crippen molar-refractivity contribution in [3.05, 3.63) is 39.4 Å². The number of rotatable bonds is 7. The molecule has 0 bridgehead atoms. The molecular weight excluding hydrogens is 254 g/mol. The number of hydrogen-bond donors (Lipinski definition) is 1. The highest BCUT2D eigenvalue weighted by Crippen LogP contribution is 2.25. The number of likely N-dealkylation sites (N-methyl/N-ethyl adjacent to an activating group) is 1. The van der Waals surface area contributed by atoms with Crippen LogP contribution in [0.2, 0.25) is 0 Å². The van der Waals surface area contributed by atoms with Crippen LogP contribution in [-0.2, 0) is 6.42 Å². The zero-order valence-electron chi connectivity index (χ0n) is 11.1. The van der Waals surface area contributed by atoms with Crippen LogP contribution in [0.4, 0.5) is 14.5 Å². The maximum absolute atomic E-state index is 13.5. The van der Waals surface area contributed by atoms with E-state index in [1.54, 1.807) is 0 Å². The van der Waals surface area contributed by atoms with Crippen LogP contribution in [-0.4, -0.2) is 17.5 Å². The third kappa shape index (κ3) is 4.24. The van der Waals surface area contributed by atoms with Crippen molar-refractivity contribution in [2.45, 2.75) is 39.2 Å². The molecule has 1 aromatic rings. The highest BCUT2D eigenvalue weighted by Gasteiger charge is 2.23. The summed E-state index contributed by atoms with van der Waals surface area (Å²) >= 11 is 0. The minimum atomic E-state index is -1.12. The Morgan fingerprint density at radius 1 is 1.37 bits per heavy atom. The Balaban J connectivity index is 3.06. The maximum atomic E-state index is 13.5. The molecule has 1 aromatic carbocycles. The molecule has 0 aliphatic heterocycles. The van der Waals surface area contributed by atoms with Gasteiger partial charge in [-0.3, -0.25) is 10.1 Å². The second kappa shape index (κ2) is 7.13. The van der Waals surface area contributed by atoms with Gasteiger partial charge in [0.15, 0.2) is 0 Å². The van der Waals surface area contributed by atoms with Gasteiger partial charge < -0.3 is 5.32 Å². The number of nitrogens with one attached hydrogen (secondary N) is 1. The van der Waals surface area contributed by atoms with Crippen molar-refractivity contribution in [2.24, 2.45) is 0 Å². The summed E-state index contributed by atoms with van der Waals surface area (Å²) < 4.78 is 26.7. The average Bonchev–Trinajstić information content (AvgIpc) is 2.27. The monoisotopic (exact) mass is 272 g/mol. The van der Waals surface area contributed by atoms with Crippen molar-refractivity contribution < 1.29 is 13.7 Å². The molecule has 4 nitrogen and oxygen atoms in total. The van der Waals surface area contributed by atoms with Gasteiger partial charge in [-0.05, 0) is 25.5 Å². The van der Waals surface area contributed by atoms with Crippen LogP contribution in [0, 0.1) is 21.7 Å². The fraction of sp³-hybridized carbons (Fsp3) is 0.538. The van der Waals surface area contributed by atoms with Gasteiger partial charge in [0.25, 0.3) is 0 Å². The van der Waals surface area contributed by atoms with Gasteiger partial charge in [-0.15, -0.1) is 0 Å². The van der Waals surface area contributed by atoms with E-state index in [1.807, 2.05) is 13.8 Å². The summed E-state index contributed by atoms with van der Waals surface area (Å²) in [7, 11) is 0. The minimum Gasteiger partial charge on any atom is -0.314 e. The second-order valence-corrected chi connectivity index (χ2v) is 4.40. The molecule has 1 N–H and O–H groups in total. The molecule has 0 amide bonds. The van der Waals surface area contributed by atoms with Crippen LogP contribution in [0.3, 0.4) is 0 Å². The zero-order valence-corrected chi connectivity index (χ0v) is 11.1. The highest BCUT2D eigenvalue weighted by atomic mass is 19.1. The lowest BCUT2D eigenvalue weighted by Crippen LogP contribution is -2.31. The Bertz CT molecular complexity index is 447. The van der Waals surface area contributed by atoms with Gasteiger partial charge in [0, 0.05) is 17.7 Å². The van der Waals surface area contributed by atoms with Crippen molar-refractivity contribution in [1.29, 1.82) is 0 Å². The van der Waals surface area contributed by atoms with Gasteiger partial charge in [0.2, 0.25) is 5.82 Å². The van der Waals surface area contributed by atoms with E-state index in [2.05, 4.69) is 5.32 Å². The van der Waals surface area contributed by atoms with Gasteiger partial charge in [-0.2, -0.15) is 4.39 Å². The van der Waals surface area contributed by atoms with Gasteiger partial charge in [-0.1, -0.05) is 20.3 Å². The van der Waals surface area contributed by atoms with Gasteiger partial charge in [0.05, 0.1) is 4.92 Å². The molecular formula is C13H18F2N2O2. The van der Waals surface area contributed by atoms with Crippen molar-refractivity contribution >= 4 is 5.69 Å². The molecule has 1 atom stereocenters. The minimum absolute atomic E-state index is 0.0186. The number of benzene rings is 1. The molecule has 0 heterocycles. The van der Waals surface area contributed by atoms with E-state index in [0.717, 1.165) is 18.9 Å². The first-order valence-electron chi connectivity index (χ1n) is 6.35. The lowest BCUT2D eigenvalue weighted by molar-refractivity contribution is -0.388. The van der Waals surface area contributed by atoms with E-state index >= 15 is 0 Å². The van der Waals surface area contributed by atoms with Crippen LogP contribution in [0.25, 0.3) is 0 Å². The van der Waals surface area contributed by atoms with Crippen LogP contribution in [0.5, 0.6) is 0 Å². The second-order valence-electron chi connectivity index (χ2n) is 4.40. The van der Waals surface area contributed by atoms with Gasteiger partial charge in [0.1, 0.15) is 5.82 Å². The summed E-state index contributed by atoms with van der Waals surface area (Å²) in [4.78, 5) is 10.1. The number of halogens is 2. The quantitative estimate of drug-likeness (QED) is 0.612. The fourth-order valence-corrected chi connectivity index (χ4v) is 2.16. The number of nitro benzene ring substituents is 1. The van der Waals surface area contributed by atoms with Gasteiger partial charge >= 0.3 is 5.69 Å². The molecule has 106 valence electrons. The summed E-state index contributed by atoms with van der Waals surface area (Å²) in [6, 6.07) is 1.57. The molecule has 0 aliphatic rings. The lowest BCUT2D eigenvalue weighted by atomic mass is 10.00. The molecule has 6 heteroatoms. The van der Waals surface area contributed by atoms with Crippen LogP contribution in [0.15, 0.2) is 12.1 Å². The SMILES string of the molecule is CCCC(Cc1cc(F)cc(F)c1[N+](=O)[O-])NCC. The standard InChI is InChI=1S/C13H18F2N2O2/c1-3-5-11(16-4-2)7-9-6-10(14)8-12(15)13(9)17(18)19/h6,8,11,16H,3-5,7H2,1-2H3. The van der Waals surface area contributed by atoms with Crippen LogP contribution in [0.1, 0.15) is 32.3 Å². The van der Waals surface area contributed by atoms with E-state index in [9.17, 15) is 18.9 Å². The lowest BCUT2D eigenvalue weighted by Gasteiger charge is -2.17. The molecule has 0 radical (unpaired) electrons. The molecule has 0 spiro atoms. The Labute approximate surface area is 111 Å². The third-order valence-corrected chi connectivity index (χ3v) is 2.89. The van der Waals surface area contributed by atoms with Gasteiger partial charge in [-0.25, -0.2) is 4.39 Å². The first kappa shape index (κ1) is 15.5. The summed E-state index contributed by atoms with van der Waals surface area (Å²) in [5.41, 5.74) is -0.526. The smallest absolute Gasteiger partial charge is 0.308 e. The van der Waals surface area contributed by atoms with E-state index < -0.39 is 22.2 Å². The molecule has 0 aromatic heterocycles. The predicted octanol–water partition coefficient (Wildman–Crippen LogP) is 3.19. The maximum Gasteiger partial charge on any atom is 0.308 e. The Morgan fingerprint density at radius 2 is 2.05 bits per heavy atom. The summed E-state index contributed by atoms with van der Waals surface area (Å²) in [5.74, 6) is -1.91. The van der Waals surface area contributed by atoms with E-state index in [0.29, 0.717) is 12.6 Å². The number of nitrogens with zero attached hydrogens (tertiary/aromatic N) is 1. The van der Waals surface area contributed by atoms with Crippen molar-refractivity contribution in [3.63, 3.8) is 0 Å². The van der Waals surface area contributed by atoms with Crippen LogP contribution < -0.4 is 5.32 Å². The normalized spacial score (nSPS) is 12.4. The summed E-state index contributed by atoms with van der Waals surface area (Å²) in [5, 5.41) is 14.0. The van der Waals surface area contributed by atoms with Crippen molar-refractivity contribution in [3.8, 4) is 0 Å². The number of nitro groups is 1. The van der Waals surface area contributed by atoms with E-state index in [1.165, 1.54) is 0 Å². The summed E-state index contributed by atoms with van der Waals surface area (Å²) in [6.45, 7) is 4.62. The van der Waals surface area contributed by atoms with Crippen molar-refractivity contribution in [2.75, 3.05) is 6.54 Å². The Kier molecular flexibility index (Phi) is 5.82.